The van der Waals surface area contributed by atoms with Crippen LogP contribution in [0.15, 0.2) is 60.7 Å². The van der Waals surface area contributed by atoms with Gasteiger partial charge in [-0.2, -0.15) is 0 Å². The molecule has 3 rings (SSSR count). The minimum atomic E-state index is -1.10. The number of carboxylic acid groups (broad SMARTS) is 2. The first-order valence-corrected chi connectivity index (χ1v) is 9.82. The van der Waals surface area contributed by atoms with E-state index in [2.05, 4.69) is 0 Å². The summed E-state index contributed by atoms with van der Waals surface area (Å²) in [5, 5.41) is 20.3. The molecular formula is C24H23NO6. The fourth-order valence-electron chi connectivity index (χ4n) is 3.27. The lowest BCUT2D eigenvalue weighted by molar-refractivity contribution is -0.142. The van der Waals surface area contributed by atoms with E-state index in [4.69, 9.17) is 9.84 Å². The van der Waals surface area contributed by atoms with Crippen LogP contribution in [0.4, 0.5) is 4.79 Å². The Bertz CT molecular complexity index is 1120. The second kappa shape index (κ2) is 9.30. The van der Waals surface area contributed by atoms with Crippen LogP contribution in [0, 0.1) is 0 Å². The molecule has 0 aliphatic carbocycles. The molecular weight excluding hydrogens is 398 g/mol. The van der Waals surface area contributed by atoms with Crippen LogP contribution >= 0.6 is 0 Å². The Morgan fingerprint density at radius 2 is 1.52 bits per heavy atom. The number of ether oxygens (including phenoxy) is 1. The number of aliphatic carboxylic acids is 1. The zero-order chi connectivity index (χ0) is 22.5. The fraction of sp³-hybridized carbons (Fsp3) is 0.208. The minimum absolute atomic E-state index is 0.112. The Kier molecular flexibility index (Phi) is 6.55. The Labute approximate surface area is 179 Å². The van der Waals surface area contributed by atoms with Crippen molar-refractivity contribution in [2.24, 2.45) is 0 Å². The van der Waals surface area contributed by atoms with Gasteiger partial charge in [-0.25, -0.2) is 14.4 Å². The van der Waals surface area contributed by atoms with Crippen molar-refractivity contribution < 1.29 is 29.3 Å². The highest BCUT2D eigenvalue weighted by Crippen LogP contribution is 2.26. The van der Waals surface area contributed by atoms with Crippen molar-refractivity contribution in [2.45, 2.75) is 26.4 Å². The van der Waals surface area contributed by atoms with Crippen molar-refractivity contribution in [1.82, 2.24) is 4.90 Å². The highest BCUT2D eigenvalue weighted by Gasteiger charge is 2.26. The molecule has 0 heterocycles. The third-order valence-corrected chi connectivity index (χ3v) is 5.05. The van der Waals surface area contributed by atoms with Crippen molar-refractivity contribution in [3.05, 3.63) is 71.8 Å². The predicted molar refractivity (Wildman–Crippen MR) is 116 cm³/mol. The smallest absolute Gasteiger partial charge is 0.410 e. The maximum Gasteiger partial charge on any atom is 0.410 e. The minimum Gasteiger partial charge on any atom is -0.480 e. The average molecular weight is 421 g/mol. The van der Waals surface area contributed by atoms with E-state index in [0.717, 1.165) is 27.5 Å². The molecule has 0 bridgehead atoms. The summed E-state index contributed by atoms with van der Waals surface area (Å²) in [6, 6.07) is 17.2. The number of benzene rings is 3. The first-order valence-electron chi connectivity index (χ1n) is 9.82. The lowest BCUT2D eigenvalue weighted by Gasteiger charge is -2.25. The van der Waals surface area contributed by atoms with Crippen LogP contribution in [0.3, 0.4) is 0 Å². The Balaban J connectivity index is 1.87. The molecule has 1 amide bonds. The zero-order valence-electron chi connectivity index (χ0n) is 17.2. The number of carboxylic acids is 2. The van der Waals surface area contributed by atoms with Crippen molar-refractivity contribution in [1.29, 1.82) is 0 Å². The number of hydrogen-bond acceptors (Lipinski definition) is 4. The molecule has 0 saturated heterocycles. The molecule has 2 N–H and O–H groups in total. The Hall–Kier alpha value is -3.87. The van der Waals surface area contributed by atoms with Gasteiger partial charge in [0.1, 0.15) is 6.04 Å². The van der Waals surface area contributed by atoms with Gasteiger partial charge >= 0.3 is 18.0 Å². The maximum absolute atomic E-state index is 12.2. The van der Waals surface area contributed by atoms with Crippen molar-refractivity contribution >= 4 is 28.8 Å². The van der Waals surface area contributed by atoms with Gasteiger partial charge in [0, 0.05) is 6.54 Å². The molecule has 0 aromatic heterocycles. The van der Waals surface area contributed by atoms with Crippen LogP contribution in [0.1, 0.15) is 29.8 Å². The summed E-state index contributed by atoms with van der Waals surface area (Å²) in [5.74, 6) is -2.07. The quantitative estimate of drug-likeness (QED) is 0.576. The Morgan fingerprint density at radius 3 is 2.13 bits per heavy atom. The van der Waals surface area contributed by atoms with Crippen molar-refractivity contribution in [3.8, 4) is 11.1 Å². The monoisotopic (exact) mass is 421 g/mol. The maximum atomic E-state index is 12.2. The highest BCUT2D eigenvalue weighted by atomic mass is 16.6. The molecule has 1 unspecified atom stereocenters. The number of rotatable bonds is 7. The second-order valence-corrected chi connectivity index (χ2v) is 7.12. The summed E-state index contributed by atoms with van der Waals surface area (Å²) in [6.07, 6.45) is -0.669. The van der Waals surface area contributed by atoms with Crippen LogP contribution in [0.25, 0.3) is 21.9 Å². The van der Waals surface area contributed by atoms with Gasteiger partial charge < -0.3 is 14.9 Å². The SMILES string of the molecule is CCOC(=O)N(Cc1ccc2cc(-c3ccc(C(=O)O)cc3)ccc2c1)C(C)C(=O)O. The Morgan fingerprint density at radius 1 is 0.903 bits per heavy atom. The molecule has 31 heavy (non-hydrogen) atoms. The number of hydrogen-bond donors (Lipinski definition) is 2. The van der Waals surface area contributed by atoms with Gasteiger partial charge in [0.15, 0.2) is 0 Å². The van der Waals surface area contributed by atoms with E-state index in [-0.39, 0.29) is 18.7 Å². The van der Waals surface area contributed by atoms with Crippen LogP contribution < -0.4 is 0 Å². The fourth-order valence-corrected chi connectivity index (χ4v) is 3.27. The number of fused-ring (bicyclic) bond motifs is 1. The number of carbonyl (C=O) groups excluding carboxylic acids is 1. The first kappa shape index (κ1) is 21.8. The van der Waals surface area contributed by atoms with Crippen molar-refractivity contribution in [3.63, 3.8) is 0 Å². The summed E-state index contributed by atoms with van der Waals surface area (Å²) in [5.41, 5.74) is 2.87. The summed E-state index contributed by atoms with van der Waals surface area (Å²) in [7, 11) is 0. The average Bonchev–Trinajstić information content (AvgIpc) is 2.76. The molecule has 3 aromatic carbocycles. The number of carbonyl (C=O) groups is 3. The molecule has 0 radical (unpaired) electrons. The lowest BCUT2D eigenvalue weighted by Crippen LogP contribution is -2.43. The second-order valence-electron chi connectivity index (χ2n) is 7.12. The van der Waals surface area contributed by atoms with Gasteiger partial charge in [0.05, 0.1) is 12.2 Å². The van der Waals surface area contributed by atoms with E-state index in [1.807, 2.05) is 36.4 Å². The summed E-state index contributed by atoms with van der Waals surface area (Å²) in [4.78, 5) is 35.8. The molecule has 0 spiro atoms. The van der Waals surface area contributed by atoms with Gasteiger partial charge in [-0.05, 0) is 65.6 Å². The lowest BCUT2D eigenvalue weighted by atomic mass is 9.99. The summed E-state index contributed by atoms with van der Waals surface area (Å²) >= 11 is 0. The van der Waals surface area contributed by atoms with Crippen LogP contribution in [-0.4, -0.2) is 45.8 Å². The van der Waals surface area contributed by atoms with Crippen LogP contribution in [-0.2, 0) is 16.1 Å². The first-order chi connectivity index (χ1) is 14.8. The highest BCUT2D eigenvalue weighted by molar-refractivity contribution is 5.90. The molecule has 160 valence electrons. The summed E-state index contributed by atoms with van der Waals surface area (Å²) in [6.45, 7) is 3.39. The molecule has 1 atom stereocenters. The number of amides is 1. The molecule has 7 heteroatoms. The van der Waals surface area contributed by atoms with E-state index >= 15 is 0 Å². The molecule has 0 aliphatic heterocycles. The molecule has 0 fully saturated rings. The van der Waals surface area contributed by atoms with Gasteiger partial charge in [-0.15, -0.1) is 0 Å². The van der Waals surface area contributed by atoms with E-state index in [1.165, 1.54) is 11.8 Å². The van der Waals surface area contributed by atoms with E-state index in [1.54, 1.807) is 31.2 Å². The van der Waals surface area contributed by atoms with Crippen LogP contribution in [0.2, 0.25) is 0 Å². The van der Waals surface area contributed by atoms with Gasteiger partial charge in [0.2, 0.25) is 0 Å². The molecule has 0 aliphatic rings. The predicted octanol–water partition coefficient (Wildman–Crippen LogP) is 4.64. The molecule has 0 saturated carbocycles. The van der Waals surface area contributed by atoms with Crippen molar-refractivity contribution in [2.75, 3.05) is 6.61 Å². The zero-order valence-corrected chi connectivity index (χ0v) is 17.2. The number of nitrogens with zero attached hydrogens (tertiary/aromatic N) is 1. The van der Waals surface area contributed by atoms with E-state index in [0.29, 0.717) is 0 Å². The van der Waals surface area contributed by atoms with Gasteiger partial charge in [0.25, 0.3) is 0 Å². The van der Waals surface area contributed by atoms with Gasteiger partial charge in [-0.1, -0.05) is 36.4 Å². The largest absolute Gasteiger partial charge is 0.480 e. The summed E-state index contributed by atoms with van der Waals surface area (Å²) < 4.78 is 5.01. The topological polar surface area (TPSA) is 104 Å². The number of aromatic carboxylic acids is 1. The standard InChI is InChI=1S/C24H23NO6/c1-3-31-24(30)25(15(2)22(26)27)14-16-4-5-21-13-20(11-10-19(21)12-16)17-6-8-18(9-7-17)23(28)29/h4-13,15H,3,14H2,1-2H3,(H,26,27)(H,28,29). The van der Waals surface area contributed by atoms with E-state index < -0.39 is 24.1 Å². The third-order valence-electron chi connectivity index (χ3n) is 5.05. The molecule has 7 nitrogen and oxygen atoms in total. The molecule has 3 aromatic rings. The van der Waals surface area contributed by atoms with Gasteiger partial charge in [-0.3, -0.25) is 4.90 Å². The van der Waals surface area contributed by atoms with E-state index in [9.17, 15) is 19.5 Å². The van der Waals surface area contributed by atoms with Crippen LogP contribution in [0.5, 0.6) is 0 Å². The third kappa shape index (κ3) is 5.01. The normalized spacial score (nSPS) is 11.7.